The van der Waals surface area contributed by atoms with Gasteiger partial charge in [0, 0.05) is 0 Å². The Bertz CT molecular complexity index is 332. The number of rotatable bonds is 1. The lowest BCUT2D eigenvalue weighted by Gasteiger charge is -2.14. The number of aryl methyl sites for hydroxylation is 1. The van der Waals surface area contributed by atoms with E-state index in [2.05, 4.69) is 15.9 Å². The molecular weight excluding hydrogens is 264 g/mol. The van der Waals surface area contributed by atoms with Crippen molar-refractivity contribution in [3.05, 3.63) is 35.1 Å². The quantitative estimate of drug-likeness (QED) is 0.532. The lowest BCUT2D eigenvalue weighted by molar-refractivity contribution is -0.128. The third-order valence-corrected chi connectivity index (χ3v) is 2.81. The zero-order valence-electron chi connectivity index (χ0n) is 7.20. The molecule has 0 spiro atoms. The molecule has 1 atom stereocenters. The Labute approximate surface area is 87.1 Å². The second-order valence-corrected chi connectivity index (χ2v) is 3.83. The molecule has 0 nitrogen and oxygen atoms in total. The molecule has 0 radical (unpaired) electrons. The smallest absolute Gasteiger partial charge is 0.207 e. The maximum atomic E-state index is 12.8. The van der Waals surface area contributed by atoms with Crippen LogP contribution in [0, 0.1) is 12.7 Å². The van der Waals surface area contributed by atoms with Crippen molar-refractivity contribution in [1.29, 1.82) is 0 Å². The van der Waals surface area contributed by atoms with E-state index in [0.717, 1.165) is 12.1 Å². The molecule has 0 aromatic heterocycles. The summed E-state index contributed by atoms with van der Waals surface area (Å²) in [6.45, 7) is 1.43. The Hall–Kier alpha value is -0.580. The van der Waals surface area contributed by atoms with Crippen LogP contribution in [0.4, 0.5) is 17.6 Å². The van der Waals surface area contributed by atoms with Gasteiger partial charge in [0.15, 0.2) is 0 Å². The first-order valence-electron chi connectivity index (χ1n) is 3.79. The Morgan fingerprint density at radius 2 is 1.86 bits per heavy atom. The van der Waals surface area contributed by atoms with Crippen molar-refractivity contribution in [2.24, 2.45) is 0 Å². The summed E-state index contributed by atoms with van der Waals surface area (Å²) in [6, 6.07) is 3.34. The molecule has 0 N–H and O–H groups in total. The molecule has 0 aliphatic heterocycles. The Morgan fingerprint density at radius 3 is 2.29 bits per heavy atom. The topological polar surface area (TPSA) is 0 Å². The van der Waals surface area contributed by atoms with Crippen molar-refractivity contribution in [3.63, 3.8) is 0 Å². The van der Waals surface area contributed by atoms with E-state index in [0.29, 0.717) is 0 Å². The molecule has 0 unspecified atom stereocenters. The number of hydrogen-bond donors (Lipinski definition) is 0. The third-order valence-electron chi connectivity index (χ3n) is 1.76. The van der Waals surface area contributed by atoms with Gasteiger partial charge < -0.3 is 0 Å². The summed E-state index contributed by atoms with van der Waals surface area (Å²) in [7, 11) is 0. The highest BCUT2D eigenvalue weighted by molar-refractivity contribution is 9.09. The summed E-state index contributed by atoms with van der Waals surface area (Å²) in [4.78, 5) is -1.74. The normalized spacial score (nSPS) is 14.1. The van der Waals surface area contributed by atoms with Crippen LogP contribution in [-0.4, -0.2) is 6.18 Å². The van der Waals surface area contributed by atoms with Crippen molar-refractivity contribution < 1.29 is 17.6 Å². The average molecular weight is 271 g/mol. The van der Waals surface area contributed by atoms with Gasteiger partial charge in [-0.3, -0.25) is 0 Å². The maximum absolute atomic E-state index is 12.8. The fourth-order valence-electron chi connectivity index (χ4n) is 1.01. The SMILES string of the molecule is Cc1cc([C@@H](Br)C(F)(F)F)ccc1F. The zero-order chi connectivity index (χ0) is 10.9. The van der Waals surface area contributed by atoms with Crippen molar-refractivity contribution in [1.82, 2.24) is 0 Å². The highest BCUT2D eigenvalue weighted by Gasteiger charge is 2.38. The van der Waals surface area contributed by atoms with Gasteiger partial charge in [-0.05, 0) is 24.1 Å². The molecule has 1 aromatic rings. The minimum Gasteiger partial charge on any atom is -0.207 e. The summed E-state index contributed by atoms with van der Waals surface area (Å²) < 4.78 is 49.4. The number of alkyl halides is 4. The van der Waals surface area contributed by atoms with Gasteiger partial charge >= 0.3 is 6.18 Å². The fraction of sp³-hybridized carbons (Fsp3) is 0.333. The van der Waals surface area contributed by atoms with Crippen molar-refractivity contribution in [2.75, 3.05) is 0 Å². The second kappa shape index (κ2) is 3.88. The van der Waals surface area contributed by atoms with Crippen LogP contribution in [0.25, 0.3) is 0 Å². The van der Waals surface area contributed by atoms with E-state index in [9.17, 15) is 17.6 Å². The van der Waals surface area contributed by atoms with Crippen LogP contribution in [0.5, 0.6) is 0 Å². The molecule has 0 heterocycles. The van der Waals surface area contributed by atoms with Crippen LogP contribution in [0.15, 0.2) is 18.2 Å². The predicted octanol–water partition coefficient (Wildman–Crippen LogP) is 4.13. The number of benzene rings is 1. The van der Waals surface area contributed by atoms with Gasteiger partial charge in [0.05, 0.1) is 0 Å². The molecule has 0 aliphatic rings. The van der Waals surface area contributed by atoms with Crippen LogP contribution in [0.1, 0.15) is 16.0 Å². The zero-order valence-corrected chi connectivity index (χ0v) is 8.79. The monoisotopic (exact) mass is 270 g/mol. The molecule has 14 heavy (non-hydrogen) atoms. The van der Waals surface area contributed by atoms with E-state index >= 15 is 0 Å². The van der Waals surface area contributed by atoms with E-state index in [1.54, 1.807) is 0 Å². The molecule has 0 bridgehead atoms. The summed E-state index contributed by atoms with van der Waals surface area (Å²) in [5.41, 5.74) is 0.215. The van der Waals surface area contributed by atoms with Gasteiger partial charge in [-0.2, -0.15) is 13.2 Å². The van der Waals surface area contributed by atoms with E-state index in [1.807, 2.05) is 0 Å². The molecule has 0 amide bonds. The average Bonchev–Trinajstić information content (AvgIpc) is 2.07. The van der Waals surface area contributed by atoms with Gasteiger partial charge in [-0.25, -0.2) is 4.39 Å². The highest BCUT2D eigenvalue weighted by Crippen LogP contribution is 2.39. The molecule has 0 fully saturated rings. The standard InChI is InChI=1S/C9H7BrF4/c1-5-4-6(2-3-7(5)11)8(10)9(12,13)14/h2-4,8H,1H3/t8-/m1/s1. The summed E-state index contributed by atoms with van der Waals surface area (Å²) in [6.07, 6.45) is -4.36. The molecule has 0 saturated carbocycles. The molecule has 1 rings (SSSR count). The Kier molecular flexibility index (Phi) is 3.19. The molecule has 78 valence electrons. The maximum Gasteiger partial charge on any atom is 0.405 e. The first kappa shape index (κ1) is 11.5. The van der Waals surface area contributed by atoms with E-state index in [1.165, 1.54) is 13.0 Å². The van der Waals surface area contributed by atoms with Gasteiger partial charge in [0.1, 0.15) is 10.6 Å². The summed E-state index contributed by atoms with van der Waals surface area (Å²) in [5, 5.41) is 0. The summed E-state index contributed by atoms with van der Waals surface area (Å²) >= 11 is 2.52. The predicted molar refractivity (Wildman–Crippen MR) is 48.9 cm³/mol. The second-order valence-electron chi connectivity index (χ2n) is 2.91. The largest absolute Gasteiger partial charge is 0.405 e. The fourth-order valence-corrected chi connectivity index (χ4v) is 1.30. The Morgan fingerprint density at radius 1 is 1.29 bits per heavy atom. The minimum atomic E-state index is -4.36. The number of hydrogen-bond acceptors (Lipinski definition) is 0. The van der Waals surface area contributed by atoms with Crippen molar-refractivity contribution >= 4 is 15.9 Å². The summed E-state index contributed by atoms with van der Waals surface area (Å²) in [5.74, 6) is -0.504. The van der Waals surface area contributed by atoms with Crippen LogP contribution < -0.4 is 0 Å². The van der Waals surface area contributed by atoms with E-state index in [-0.39, 0.29) is 11.1 Å². The highest BCUT2D eigenvalue weighted by atomic mass is 79.9. The minimum absolute atomic E-state index is 0.0106. The lowest BCUT2D eigenvalue weighted by Crippen LogP contribution is -2.15. The van der Waals surface area contributed by atoms with Crippen LogP contribution >= 0.6 is 15.9 Å². The lowest BCUT2D eigenvalue weighted by atomic mass is 10.1. The van der Waals surface area contributed by atoms with Crippen molar-refractivity contribution in [2.45, 2.75) is 17.9 Å². The Balaban J connectivity index is 3.03. The third kappa shape index (κ3) is 2.47. The molecule has 1 aromatic carbocycles. The molecular formula is C9H7BrF4. The van der Waals surface area contributed by atoms with E-state index < -0.39 is 16.8 Å². The first-order chi connectivity index (χ1) is 6.32. The van der Waals surface area contributed by atoms with Gasteiger partial charge in [-0.1, -0.05) is 28.1 Å². The molecule has 0 saturated heterocycles. The van der Waals surface area contributed by atoms with Crippen molar-refractivity contribution in [3.8, 4) is 0 Å². The molecule has 5 heteroatoms. The molecule has 0 aliphatic carbocycles. The van der Waals surface area contributed by atoms with Crippen LogP contribution in [-0.2, 0) is 0 Å². The van der Waals surface area contributed by atoms with Gasteiger partial charge in [-0.15, -0.1) is 0 Å². The number of halogens is 5. The first-order valence-corrected chi connectivity index (χ1v) is 4.71. The van der Waals surface area contributed by atoms with Crippen LogP contribution in [0.3, 0.4) is 0 Å². The van der Waals surface area contributed by atoms with E-state index in [4.69, 9.17) is 0 Å². The van der Waals surface area contributed by atoms with Gasteiger partial charge in [0.25, 0.3) is 0 Å². The van der Waals surface area contributed by atoms with Crippen LogP contribution in [0.2, 0.25) is 0 Å². The van der Waals surface area contributed by atoms with Gasteiger partial charge in [0.2, 0.25) is 0 Å².